The molecule has 0 spiro atoms. The van der Waals surface area contributed by atoms with Gasteiger partial charge in [0.25, 0.3) is 5.91 Å². The Morgan fingerprint density at radius 2 is 1.79 bits per heavy atom. The van der Waals surface area contributed by atoms with Crippen LogP contribution >= 0.6 is 0 Å². The number of nitrogens with zero attached hydrogens (tertiary/aromatic N) is 5. The van der Waals surface area contributed by atoms with Gasteiger partial charge in [0, 0.05) is 64.0 Å². The molecule has 9 nitrogen and oxygen atoms in total. The number of aliphatic hydroxyl groups is 1. The number of piperazine rings is 1. The van der Waals surface area contributed by atoms with Crippen molar-refractivity contribution in [3.05, 3.63) is 17.0 Å². The van der Waals surface area contributed by atoms with E-state index in [2.05, 4.69) is 10.00 Å². The zero-order valence-corrected chi connectivity index (χ0v) is 17.3. The van der Waals surface area contributed by atoms with E-state index < -0.39 is 5.60 Å². The van der Waals surface area contributed by atoms with Gasteiger partial charge in [-0.25, -0.2) is 4.79 Å². The highest BCUT2D eigenvalue weighted by Gasteiger charge is 2.33. The van der Waals surface area contributed by atoms with Gasteiger partial charge in [-0.3, -0.25) is 14.4 Å². The number of carbonyl (C=O) groups excluding carboxylic acids is 2. The van der Waals surface area contributed by atoms with Gasteiger partial charge in [-0.2, -0.15) is 5.10 Å². The molecule has 3 heterocycles. The third-order valence-electron chi connectivity index (χ3n) is 5.17. The van der Waals surface area contributed by atoms with E-state index in [0.717, 1.165) is 24.3 Å². The van der Waals surface area contributed by atoms with Crippen LogP contribution < -0.4 is 0 Å². The summed E-state index contributed by atoms with van der Waals surface area (Å²) in [4.78, 5) is 31.2. The van der Waals surface area contributed by atoms with E-state index in [1.54, 1.807) is 9.58 Å². The van der Waals surface area contributed by atoms with Gasteiger partial charge in [0.2, 0.25) is 0 Å². The Bertz CT molecular complexity index is 731. The minimum absolute atomic E-state index is 0.0912. The molecule has 0 radical (unpaired) electrons. The number of aliphatic hydroxyl groups excluding tert-OH is 1. The van der Waals surface area contributed by atoms with Crippen LogP contribution in [-0.2, 0) is 24.8 Å². The monoisotopic (exact) mass is 393 g/mol. The van der Waals surface area contributed by atoms with Crippen molar-refractivity contribution in [3.8, 4) is 0 Å². The first-order valence-corrected chi connectivity index (χ1v) is 9.85. The third-order valence-corrected chi connectivity index (χ3v) is 5.17. The summed E-state index contributed by atoms with van der Waals surface area (Å²) >= 11 is 0. The first kappa shape index (κ1) is 20.6. The molecule has 0 aliphatic carbocycles. The Balaban J connectivity index is 1.73. The lowest BCUT2D eigenvalue weighted by atomic mass is 10.0. The van der Waals surface area contributed by atoms with Crippen molar-refractivity contribution in [1.29, 1.82) is 0 Å². The molecular formula is C19H31N5O4. The fraction of sp³-hybridized carbons (Fsp3) is 0.737. The molecular weight excluding hydrogens is 362 g/mol. The van der Waals surface area contributed by atoms with Crippen molar-refractivity contribution in [1.82, 2.24) is 24.5 Å². The predicted molar refractivity (Wildman–Crippen MR) is 103 cm³/mol. The average Bonchev–Trinajstić information content (AvgIpc) is 2.97. The molecule has 1 aromatic rings. The summed E-state index contributed by atoms with van der Waals surface area (Å²) in [6, 6.07) is 0. The molecule has 156 valence electrons. The second kappa shape index (κ2) is 8.08. The second-order valence-electron chi connectivity index (χ2n) is 8.41. The van der Waals surface area contributed by atoms with Gasteiger partial charge in [0.1, 0.15) is 5.60 Å². The smallest absolute Gasteiger partial charge is 0.410 e. The van der Waals surface area contributed by atoms with Crippen molar-refractivity contribution in [2.45, 2.75) is 39.3 Å². The highest BCUT2D eigenvalue weighted by molar-refractivity contribution is 5.94. The number of β-amino-alcohol motifs (C(OH)–C–C–N with tert-alkyl or cyclic N) is 1. The van der Waals surface area contributed by atoms with E-state index in [1.807, 2.05) is 32.7 Å². The highest BCUT2D eigenvalue weighted by atomic mass is 16.6. The fourth-order valence-electron chi connectivity index (χ4n) is 3.71. The molecule has 0 bridgehead atoms. The Hall–Kier alpha value is -2.13. The molecule has 9 heteroatoms. The van der Waals surface area contributed by atoms with Crippen LogP contribution in [0.2, 0.25) is 0 Å². The summed E-state index contributed by atoms with van der Waals surface area (Å²) in [6.45, 7) is 9.88. The van der Waals surface area contributed by atoms with Crippen molar-refractivity contribution >= 4 is 12.0 Å². The van der Waals surface area contributed by atoms with Crippen LogP contribution in [0.1, 0.15) is 42.5 Å². The molecule has 1 saturated heterocycles. The van der Waals surface area contributed by atoms with Crippen molar-refractivity contribution < 1.29 is 19.4 Å². The zero-order chi connectivity index (χ0) is 20.5. The molecule has 0 atom stereocenters. The number of hydrogen-bond donors (Lipinski definition) is 1. The fourth-order valence-corrected chi connectivity index (χ4v) is 3.71. The van der Waals surface area contributed by atoms with Gasteiger partial charge >= 0.3 is 6.09 Å². The first-order valence-electron chi connectivity index (χ1n) is 9.85. The highest BCUT2D eigenvalue weighted by Crippen LogP contribution is 2.25. The van der Waals surface area contributed by atoms with E-state index >= 15 is 0 Å². The lowest BCUT2D eigenvalue weighted by molar-refractivity contribution is 0.0220. The Kier molecular flexibility index (Phi) is 5.95. The topological polar surface area (TPSA) is 91.1 Å². The van der Waals surface area contributed by atoms with Crippen LogP contribution in [-0.4, -0.2) is 93.1 Å². The lowest BCUT2D eigenvalue weighted by Gasteiger charge is -2.34. The van der Waals surface area contributed by atoms with Gasteiger partial charge in [-0.05, 0) is 20.8 Å². The average molecular weight is 393 g/mol. The first-order chi connectivity index (χ1) is 13.2. The van der Waals surface area contributed by atoms with Gasteiger partial charge in [-0.1, -0.05) is 0 Å². The maximum atomic E-state index is 13.1. The number of aryl methyl sites for hydroxylation is 1. The third kappa shape index (κ3) is 4.47. The van der Waals surface area contributed by atoms with E-state index in [1.165, 1.54) is 0 Å². The zero-order valence-electron chi connectivity index (χ0n) is 17.3. The Labute approximate surface area is 165 Å². The minimum atomic E-state index is -0.556. The number of amides is 2. The number of rotatable bonds is 3. The largest absolute Gasteiger partial charge is 0.444 e. The van der Waals surface area contributed by atoms with Crippen LogP contribution in [0, 0.1) is 0 Å². The van der Waals surface area contributed by atoms with Crippen molar-refractivity contribution in [2.24, 2.45) is 7.05 Å². The molecule has 1 aromatic heterocycles. The summed E-state index contributed by atoms with van der Waals surface area (Å²) in [6.07, 6.45) is 0.286. The van der Waals surface area contributed by atoms with Gasteiger partial charge in [0.15, 0.2) is 5.69 Å². The Morgan fingerprint density at radius 1 is 1.11 bits per heavy atom. The molecule has 0 saturated carbocycles. The second-order valence-corrected chi connectivity index (χ2v) is 8.41. The molecule has 1 N–H and O–H groups in total. The Morgan fingerprint density at radius 3 is 2.39 bits per heavy atom. The SMILES string of the molecule is Cn1nc(C(=O)N2CCN(CCO)CC2)c2c1CCN(C(=O)OC(C)(C)C)C2. The van der Waals surface area contributed by atoms with Crippen LogP contribution in [0.3, 0.4) is 0 Å². The lowest BCUT2D eigenvalue weighted by Crippen LogP contribution is -2.49. The molecule has 28 heavy (non-hydrogen) atoms. The maximum absolute atomic E-state index is 13.1. The quantitative estimate of drug-likeness (QED) is 0.803. The number of fused-ring (bicyclic) bond motifs is 1. The van der Waals surface area contributed by atoms with Crippen LogP contribution in [0.25, 0.3) is 0 Å². The van der Waals surface area contributed by atoms with Crippen LogP contribution in [0.4, 0.5) is 4.79 Å². The molecule has 0 aromatic carbocycles. The molecule has 3 rings (SSSR count). The van der Waals surface area contributed by atoms with Crippen molar-refractivity contribution in [3.63, 3.8) is 0 Å². The maximum Gasteiger partial charge on any atom is 0.410 e. The molecule has 0 unspecified atom stereocenters. The van der Waals surface area contributed by atoms with E-state index in [0.29, 0.717) is 44.8 Å². The van der Waals surface area contributed by atoms with Crippen LogP contribution in [0.15, 0.2) is 0 Å². The van der Waals surface area contributed by atoms with E-state index in [4.69, 9.17) is 9.84 Å². The number of carbonyl (C=O) groups is 2. The van der Waals surface area contributed by atoms with Crippen LogP contribution in [0.5, 0.6) is 0 Å². The standard InChI is InChI=1S/C19H31N5O4/c1-19(2,3)28-18(27)24-6-5-15-14(13-24)16(20-21(15)4)17(26)23-9-7-22(8-10-23)11-12-25/h25H,5-13H2,1-4H3. The van der Waals surface area contributed by atoms with Crippen molar-refractivity contribution in [2.75, 3.05) is 45.9 Å². The molecule has 2 amide bonds. The number of ether oxygens (including phenoxy) is 1. The molecule has 2 aliphatic rings. The number of hydrogen-bond acceptors (Lipinski definition) is 6. The summed E-state index contributed by atoms with van der Waals surface area (Å²) in [5.74, 6) is -0.0912. The normalized spacial score (nSPS) is 18.2. The van der Waals surface area contributed by atoms with E-state index in [9.17, 15) is 9.59 Å². The summed E-state index contributed by atoms with van der Waals surface area (Å²) in [5, 5.41) is 13.6. The summed E-state index contributed by atoms with van der Waals surface area (Å²) in [7, 11) is 1.85. The minimum Gasteiger partial charge on any atom is -0.444 e. The van der Waals surface area contributed by atoms with E-state index in [-0.39, 0.29) is 18.6 Å². The molecule has 2 aliphatic heterocycles. The summed E-state index contributed by atoms with van der Waals surface area (Å²) in [5.41, 5.74) is 1.70. The van der Waals surface area contributed by atoms with Gasteiger partial charge < -0.3 is 19.6 Å². The summed E-state index contributed by atoms with van der Waals surface area (Å²) < 4.78 is 7.25. The molecule has 1 fully saturated rings. The predicted octanol–water partition coefficient (Wildman–Crippen LogP) is 0.463. The van der Waals surface area contributed by atoms with Gasteiger partial charge in [-0.15, -0.1) is 0 Å². The van der Waals surface area contributed by atoms with Gasteiger partial charge in [0.05, 0.1) is 13.2 Å². The number of aromatic nitrogens is 2.